The van der Waals surface area contributed by atoms with Gasteiger partial charge in [0.2, 0.25) is 11.7 Å². The fourth-order valence-corrected chi connectivity index (χ4v) is 2.81. The van der Waals surface area contributed by atoms with E-state index in [4.69, 9.17) is 4.52 Å². The second-order valence-electron chi connectivity index (χ2n) is 6.46. The van der Waals surface area contributed by atoms with E-state index in [1.54, 1.807) is 35.6 Å². The zero-order valence-electron chi connectivity index (χ0n) is 15.5. The number of hydrogen-bond acceptors (Lipinski definition) is 6. The van der Waals surface area contributed by atoms with Gasteiger partial charge in [0, 0.05) is 24.3 Å². The van der Waals surface area contributed by atoms with Crippen molar-refractivity contribution in [2.24, 2.45) is 0 Å². The molecule has 0 aliphatic carbocycles. The maximum atomic E-state index is 12.3. The Hall–Kier alpha value is -3.81. The van der Waals surface area contributed by atoms with Crippen molar-refractivity contribution in [2.45, 2.75) is 20.4 Å². The Morgan fingerprint density at radius 2 is 2.14 bits per heavy atom. The van der Waals surface area contributed by atoms with Crippen LogP contribution in [-0.4, -0.2) is 30.6 Å². The fourth-order valence-electron chi connectivity index (χ4n) is 2.81. The third-order valence-corrected chi connectivity index (χ3v) is 4.18. The highest BCUT2D eigenvalue weighted by Gasteiger charge is 2.14. The summed E-state index contributed by atoms with van der Waals surface area (Å²) in [5.41, 5.74) is 4.23. The Labute approximate surface area is 161 Å². The van der Waals surface area contributed by atoms with Crippen LogP contribution in [0.2, 0.25) is 0 Å². The van der Waals surface area contributed by atoms with Crippen molar-refractivity contribution in [1.82, 2.24) is 24.7 Å². The number of aromatic nitrogens is 5. The van der Waals surface area contributed by atoms with Gasteiger partial charge < -0.3 is 14.4 Å². The summed E-state index contributed by atoms with van der Waals surface area (Å²) in [6, 6.07) is 9.53. The Bertz CT molecular complexity index is 1120. The van der Waals surface area contributed by atoms with Crippen LogP contribution in [0.3, 0.4) is 0 Å². The Kier molecular flexibility index (Phi) is 4.67. The van der Waals surface area contributed by atoms with Gasteiger partial charge in [-0.3, -0.25) is 9.78 Å². The molecule has 0 aliphatic rings. The fraction of sp³-hybridized carbons (Fsp3) is 0.150. The second-order valence-corrected chi connectivity index (χ2v) is 6.46. The SMILES string of the molecule is Cc1ccc(NC(=O)Cn2cnc(-c3noc(-c4cccnc4)n3)c2)c(C)c1. The van der Waals surface area contributed by atoms with Crippen molar-refractivity contribution in [3.8, 4) is 23.0 Å². The van der Waals surface area contributed by atoms with Crippen LogP contribution in [0.25, 0.3) is 23.0 Å². The summed E-state index contributed by atoms with van der Waals surface area (Å²) >= 11 is 0. The molecular formula is C20H18N6O2. The first-order valence-corrected chi connectivity index (χ1v) is 8.72. The summed E-state index contributed by atoms with van der Waals surface area (Å²) in [5.74, 6) is 0.581. The predicted molar refractivity (Wildman–Crippen MR) is 103 cm³/mol. The van der Waals surface area contributed by atoms with Crippen molar-refractivity contribution in [3.63, 3.8) is 0 Å². The summed E-state index contributed by atoms with van der Waals surface area (Å²) < 4.78 is 6.94. The summed E-state index contributed by atoms with van der Waals surface area (Å²) in [6.45, 7) is 4.12. The van der Waals surface area contributed by atoms with Gasteiger partial charge in [0.25, 0.3) is 5.89 Å². The molecule has 1 aromatic carbocycles. The van der Waals surface area contributed by atoms with Gasteiger partial charge in [-0.2, -0.15) is 4.98 Å². The molecule has 0 bridgehead atoms. The van der Waals surface area contributed by atoms with Gasteiger partial charge in [0.05, 0.1) is 11.9 Å². The summed E-state index contributed by atoms with van der Waals surface area (Å²) in [4.78, 5) is 25.0. The number of carbonyl (C=O) groups excluding carboxylic acids is 1. The lowest BCUT2D eigenvalue weighted by Crippen LogP contribution is -2.18. The van der Waals surface area contributed by atoms with E-state index in [2.05, 4.69) is 25.4 Å². The van der Waals surface area contributed by atoms with E-state index in [1.165, 1.54) is 0 Å². The highest BCUT2D eigenvalue weighted by atomic mass is 16.5. The number of nitrogens with one attached hydrogen (secondary N) is 1. The van der Waals surface area contributed by atoms with E-state index in [9.17, 15) is 4.79 Å². The molecule has 0 saturated carbocycles. The molecular weight excluding hydrogens is 356 g/mol. The monoisotopic (exact) mass is 374 g/mol. The number of aryl methyl sites for hydroxylation is 2. The second kappa shape index (κ2) is 7.43. The van der Waals surface area contributed by atoms with Gasteiger partial charge in [-0.15, -0.1) is 0 Å². The van der Waals surface area contributed by atoms with E-state index < -0.39 is 0 Å². The molecule has 0 saturated heterocycles. The first kappa shape index (κ1) is 17.6. The van der Waals surface area contributed by atoms with Gasteiger partial charge >= 0.3 is 0 Å². The van der Waals surface area contributed by atoms with E-state index in [0.29, 0.717) is 17.4 Å². The standard InChI is InChI=1S/C20H18N6O2/c1-13-5-6-16(14(2)8-13)23-18(27)11-26-10-17(22-12-26)19-24-20(28-25-19)15-4-3-7-21-9-15/h3-10,12H,11H2,1-2H3,(H,23,27). The molecule has 1 N–H and O–H groups in total. The van der Waals surface area contributed by atoms with Gasteiger partial charge in [0.15, 0.2) is 0 Å². The topological polar surface area (TPSA) is 98.7 Å². The quantitative estimate of drug-likeness (QED) is 0.576. The van der Waals surface area contributed by atoms with Crippen LogP contribution in [0.5, 0.6) is 0 Å². The third-order valence-electron chi connectivity index (χ3n) is 4.18. The van der Waals surface area contributed by atoms with Crippen molar-refractivity contribution in [1.29, 1.82) is 0 Å². The zero-order valence-corrected chi connectivity index (χ0v) is 15.5. The molecule has 8 heteroatoms. The predicted octanol–water partition coefficient (Wildman–Crippen LogP) is 3.25. The molecule has 4 aromatic rings. The van der Waals surface area contributed by atoms with Crippen LogP contribution in [0, 0.1) is 13.8 Å². The molecule has 0 unspecified atom stereocenters. The molecule has 0 radical (unpaired) electrons. The van der Waals surface area contributed by atoms with Gasteiger partial charge in [-0.05, 0) is 37.6 Å². The van der Waals surface area contributed by atoms with Crippen LogP contribution < -0.4 is 5.32 Å². The minimum Gasteiger partial charge on any atom is -0.333 e. The van der Waals surface area contributed by atoms with Gasteiger partial charge in [0.1, 0.15) is 12.2 Å². The average molecular weight is 374 g/mol. The highest BCUT2D eigenvalue weighted by Crippen LogP contribution is 2.20. The normalized spacial score (nSPS) is 10.8. The molecule has 0 aliphatic heterocycles. The van der Waals surface area contributed by atoms with Gasteiger partial charge in [-0.1, -0.05) is 22.9 Å². The Balaban J connectivity index is 1.44. The zero-order chi connectivity index (χ0) is 19.5. The molecule has 0 fully saturated rings. The first-order chi connectivity index (χ1) is 13.6. The number of carbonyl (C=O) groups is 1. The number of pyridine rings is 1. The summed E-state index contributed by atoms with van der Waals surface area (Å²) in [5, 5.41) is 6.87. The lowest BCUT2D eigenvalue weighted by Gasteiger charge is -2.09. The molecule has 0 spiro atoms. The number of imidazole rings is 1. The van der Waals surface area contributed by atoms with Crippen molar-refractivity contribution >= 4 is 11.6 Å². The number of anilines is 1. The van der Waals surface area contributed by atoms with E-state index >= 15 is 0 Å². The van der Waals surface area contributed by atoms with E-state index in [1.807, 2.05) is 38.1 Å². The van der Waals surface area contributed by atoms with E-state index in [0.717, 1.165) is 22.4 Å². The molecule has 28 heavy (non-hydrogen) atoms. The molecule has 8 nitrogen and oxygen atoms in total. The van der Waals surface area contributed by atoms with E-state index in [-0.39, 0.29) is 12.5 Å². The third kappa shape index (κ3) is 3.80. The van der Waals surface area contributed by atoms with Crippen LogP contribution in [0.15, 0.2) is 59.8 Å². The largest absolute Gasteiger partial charge is 0.333 e. The maximum absolute atomic E-state index is 12.3. The smallest absolute Gasteiger partial charge is 0.259 e. The number of nitrogens with zero attached hydrogens (tertiary/aromatic N) is 5. The summed E-state index contributed by atoms with van der Waals surface area (Å²) in [7, 11) is 0. The average Bonchev–Trinajstić information content (AvgIpc) is 3.34. The lowest BCUT2D eigenvalue weighted by molar-refractivity contribution is -0.116. The molecule has 3 aromatic heterocycles. The van der Waals surface area contributed by atoms with Crippen molar-refractivity contribution in [3.05, 3.63) is 66.4 Å². The number of benzene rings is 1. The summed E-state index contributed by atoms with van der Waals surface area (Å²) in [6.07, 6.45) is 6.59. The van der Waals surface area contributed by atoms with Crippen LogP contribution in [0.1, 0.15) is 11.1 Å². The number of hydrogen-bond donors (Lipinski definition) is 1. The molecule has 140 valence electrons. The van der Waals surface area contributed by atoms with Gasteiger partial charge in [-0.25, -0.2) is 4.98 Å². The van der Waals surface area contributed by atoms with Crippen LogP contribution >= 0.6 is 0 Å². The van der Waals surface area contributed by atoms with Crippen LogP contribution in [-0.2, 0) is 11.3 Å². The number of amides is 1. The lowest BCUT2D eigenvalue weighted by atomic mass is 10.1. The Morgan fingerprint density at radius 3 is 2.93 bits per heavy atom. The van der Waals surface area contributed by atoms with Crippen molar-refractivity contribution < 1.29 is 9.32 Å². The number of rotatable bonds is 5. The van der Waals surface area contributed by atoms with Crippen molar-refractivity contribution in [2.75, 3.05) is 5.32 Å². The molecule has 1 amide bonds. The molecule has 4 rings (SSSR count). The first-order valence-electron chi connectivity index (χ1n) is 8.72. The highest BCUT2D eigenvalue weighted by molar-refractivity contribution is 5.91. The maximum Gasteiger partial charge on any atom is 0.259 e. The minimum absolute atomic E-state index is 0.133. The molecule has 3 heterocycles. The Morgan fingerprint density at radius 1 is 1.25 bits per heavy atom. The molecule has 0 atom stereocenters. The minimum atomic E-state index is -0.139. The van der Waals surface area contributed by atoms with Crippen LogP contribution in [0.4, 0.5) is 5.69 Å².